The van der Waals surface area contributed by atoms with E-state index in [0.717, 1.165) is 56.3 Å². The highest BCUT2D eigenvalue weighted by Gasteiger charge is 2.32. The molecular weight excluding hydrogens is 388 g/mol. The van der Waals surface area contributed by atoms with Crippen LogP contribution in [0.2, 0.25) is 0 Å². The molecule has 0 bridgehead atoms. The minimum absolute atomic E-state index is 0.214. The van der Waals surface area contributed by atoms with Crippen LogP contribution in [0.25, 0.3) is 0 Å². The monoisotopic (exact) mass is 428 g/mol. The molecule has 0 spiro atoms. The molecule has 0 aliphatic rings. The van der Waals surface area contributed by atoms with Gasteiger partial charge in [0.1, 0.15) is 0 Å². The van der Waals surface area contributed by atoms with E-state index >= 15 is 0 Å². The third-order valence-electron chi connectivity index (χ3n) is 3.75. The number of ether oxygens (including phenoxy) is 4. The second kappa shape index (κ2) is 20.6. The lowest BCUT2D eigenvalue weighted by Gasteiger charge is -2.33. The van der Waals surface area contributed by atoms with Gasteiger partial charge in [-0.3, -0.25) is 0 Å². The van der Waals surface area contributed by atoms with Gasteiger partial charge in [0, 0.05) is 26.4 Å². The molecule has 0 amide bonds. The van der Waals surface area contributed by atoms with E-state index in [0.29, 0.717) is 33.0 Å². The summed E-state index contributed by atoms with van der Waals surface area (Å²) in [6.07, 6.45) is 9.62. The third kappa shape index (κ3) is 15.9. The maximum atomic E-state index is 5.99. The Morgan fingerprint density at radius 3 is 1.23 bits per heavy atom. The fourth-order valence-electron chi connectivity index (χ4n) is 2.35. The zero-order valence-corrected chi connectivity index (χ0v) is 19.7. The SMILES string of the molecule is CCOCC(COCCCSC)(COCCCSC)COCCCSC. The Kier molecular flexibility index (Phi) is 21.3. The highest BCUT2D eigenvalue weighted by molar-refractivity contribution is 7.98. The van der Waals surface area contributed by atoms with E-state index in [1.54, 1.807) is 0 Å². The predicted octanol–water partition coefficient (Wildman–Crippen LogP) is 4.32. The van der Waals surface area contributed by atoms with Gasteiger partial charge in [-0.05, 0) is 62.2 Å². The fourth-order valence-corrected chi connectivity index (χ4v) is 3.57. The van der Waals surface area contributed by atoms with Crippen LogP contribution in [0.4, 0.5) is 0 Å². The molecule has 0 radical (unpaired) electrons. The van der Waals surface area contributed by atoms with Gasteiger partial charge in [0.15, 0.2) is 0 Å². The van der Waals surface area contributed by atoms with Gasteiger partial charge in [0.05, 0.1) is 31.8 Å². The zero-order valence-electron chi connectivity index (χ0n) is 17.3. The van der Waals surface area contributed by atoms with Crippen molar-refractivity contribution < 1.29 is 18.9 Å². The second-order valence-electron chi connectivity index (χ2n) is 6.33. The zero-order chi connectivity index (χ0) is 19.3. The minimum atomic E-state index is -0.214. The van der Waals surface area contributed by atoms with E-state index in [2.05, 4.69) is 18.8 Å². The largest absolute Gasteiger partial charge is 0.381 e. The first-order chi connectivity index (χ1) is 12.7. The average Bonchev–Trinajstić information content (AvgIpc) is 2.65. The van der Waals surface area contributed by atoms with Crippen molar-refractivity contribution in [1.82, 2.24) is 0 Å². The Morgan fingerprint density at radius 1 is 0.577 bits per heavy atom. The number of thioether (sulfide) groups is 3. The van der Waals surface area contributed by atoms with Crippen molar-refractivity contribution in [2.24, 2.45) is 5.41 Å². The first kappa shape index (κ1) is 26.9. The van der Waals surface area contributed by atoms with Gasteiger partial charge < -0.3 is 18.9 Å². The molecule has 0 aromatic heterocycles. The number of rotatable bonds is 21. The summed E-state index contributed by atoms with van der Waals surface area (Å²) in [5, 5.41) is 0. The third-order valence-corrected chi connectivity index (χ3v) is 5.84. The van der Waals surface area contributed by atoms with Crippen LogP contribution in [0.1, 0.15) is 26.2 Å². The standard InChI is InChI=1S/C19H40O4S3/c1-5-20-15-19(16-21-9-6-12-24-2,17-22-10-7-13-25-3)18-23-11-8-14-26-4/h5-18H2,1-4H3. The molecule has 0 aliphatic carbocycles. The summed E-state index contributed by atoms with van der Waals surface area (Å²) in [5.41, 5.74) is -0.214. The highest BCUT2D eigenvalue weighted by atomic mass is 32.2. The van der Waals surface area contributed by atoms with E-state index in [1.807, 2.05) is 42.2 Å². The molecule has 0 unspecified atom stereocenters. The Bertz CT molecular complexity index is 247. The molecular formula is C19H40O4S3. The van der Waals surface area contributed by atoms with E-state index in [4.69, 9.17) is 18.9 Å². The predicted molar refractivity (Wildman–Crippen MR) is 120 cm³/mol. The van der Waals surface area contributed by atoms with Crippen molar-refractivity contribution in [2.45, 2.75) is 26.2 Å². The molecule has 7 heteroatoms. The van der Waals surface area contributed by atoms with Gasteiger partial charge in [-0.2, -0.15) is 35.3 Å². The molecule has 0 aliphatic heterocycles. The van der Waals surface area contributed by atoms with Crippen molar-refractivity contribution in [3.05, 3.63) is 0 Å². The van der Waals surface area contributed by atoms with Gasteiger partial charge in [-0.1, -0.05) is 0 Å². The Balaban J connectivity index is 4.52. The second-order valence-corrected chi connectivity index (χ2v) is 9.29. The van der Waals surface area contributed by atoms with Crippen molar-refractivity contribution in [2.75, 3.05) is 88.9 Å². The summed E-state index contributed by atoms with van der Waals surface area (Å²) < 4.78 is 23.8. The summed E-state index contributed by atoms with van der Waals surface area (Å²) in [4.78, 5) is 0. The smallest absolute Gasteiger partial charge is 0.0637 e. The van der Waals surface area contributed by atoms with Crippen molar-refractivity contribution in [3.8, 4) is 0 Å². The van der Waals surface area contributed by atoms with Crippen LogP contribution in [-0.2, 0) is 18.9 Å². The summed E-state index contributed by atoms with van der Waals surface area (Å²) >= 11 is 5.57. The van der Waals surface area contributed by atoms with E-state index in [1.165, 1.54) is 0 Å². The Morgan fingerprint density at radius 2 is 0.923 bits per heavy atom. The number of hydrogen-bond acceptors (Lipinski definition) is 7. The van der Waals surface area contributed by atoms with E-state index in [9.17, 15) is 0 Å². The first-order valence-corrected chi connectivity index (χ1v) is 13.7. The van der Waals surface area contributed by atoms with Gasteiger partial charge in [0.25, 0.3) is 0 Å². The molecule has 0 rings (SSSR count). The fraction of sp³-hybridized carbons (Fsp3) is 1.00. The lowest BCUT2D eigenvalue weighted by Crippen LogP contribution is -2.42. The molecule has 4 nitrogen and oxygen atoms in total. The van der Waals surface area contributed by atoms with Gasteiger partial charge in [0.2, 0.25) is 0 Å². The molecule has 0 aromatic rings. The topological polar surface area (TPSA) is 36.9 Å². The van der Waals surface area contributed by atoms with Crippen LogP contribution in [-0.4, -0.2) is 88.9 Å². The van der Waals surface area contributed by atoms with Gasteiger partial charge in [-0.25, -0.2) is 0 Å². The van der Waals surface area contributed by atoms with Crippen molar-refractivity contribution >= 4 is 35.3 Å². The van der Waals surface area contributed by atoms with Crippen LogP contribution >= 0.6 is 35.3 Å². The molecule has 0 saturated carbocycles. The minimum Gasteiger partial charge on any atom is -0.381 e. The summed E-state index contributed by atoms with van der Waals surface area (Å²) in [7, 11) is 0. The summed E-state index contributed by atoms with van der Waals surface area (Å²) in [5.74, 6) is 3.40. The lowest BCUT2D eigenvalue weighted by atomic mass is 9.92. The average molecular weight is 429 g/mol. The summed E-state index contributed by atoms with van der Waals surface area (Å²) in [6, 6.07) is 0. The van der Waals surface area contributed by atoms with Crippen molar-refractivity contribution in [3.63, 3.8) is 0 Å². The van der Waals surface area contributed by atoms with Gasteiger partial charge >= 0.3 is 0 Å². The quantitative estimate of drug-likeness (QED) is 0.252. The van der Waals surface area contributed by atoms with E-state index < -0.39 is 0 Å². The number of hydrogen-bond donors (Lipinski definition) is 0. The summed E-state index contributed by atoms with van der Waals surface area (Å²) in [6.45, 7) is 7.60. The van der Waals surface area contributed by atoms with Gasteiger partial charge in [-0.15, -0.1) is 0 Å². The first-order valence-electron chi connectivity index (χ1n) is 9.52. The molecule has 0 fully saturated rings. The normalized spacial score (nSPS) is 12.0. The maximum Gasteiger partial charge on any atom is 0.0637 e. The Hall–Kier alpha value is 0.890. The van der Waals surface area contributed by atoms with E-state index in [-0.39, 0.29) is 5.41 Å². The van der Waals surface area contributed by atoms with Crippen LogP contribution < -0.4 is 0 Å². The molecule has 0 saturated heterocycles. The van der Waals surface area contributed by atoms with Crippen LogP contribution in [0.3, 0.4) is 0 Å². The molecule has 26 heavy (non-hydrogen) atoms. The molecule has 0 N–H and O–H groups in total. The van der Waals surface area contributed by atoms with Crippen LogP contribution in [0.15, 0.2) is 0 Å². The maximum absolute atomic E-state index is 5.99. The molecule has 0 atom stereocenters. The van der Waals surface area contributed by atoms with Crippen molar-refractivity contribution in [1.29, 1.82) is 0 Å². The van der Waals surface area contributed by atoms with Crippen LogP contribution in [0, 0.1) is 5.41 Å². The lowest BCUT2D eigenvalue weighted by molar-refractivity contribution is -0.105. The molecule has 158 valence electrons. The Labute approximate surface area is 174 Å². The van der Waals surface area contributed by atoms with Crippen LogP contribution in [0.5, 0.6) is 0 Å². The highest BCUT2D eigenvalue weighted by Crippen LogP contribution is 2.21. The molecule has 0 aromatic carbocycles. The molecule has 0 heterocycles.